The van der Waals surface area contributed by atoms with Gasteiger partial charge in [-0.1, -0.05) is 0 Å². The fraction of sp³-hybridized carbons (Fsp3) is 0.625. The lowest BCUT2D eigenvalue weighted by atomic mass is 10.00. The van der Waals surface area contributed by atoms with E-state index in [4.69, 9.17) is 20.4 Å². The Morgan fingerprint density at radius 2 is 0.833 bits per heavy atom. The van der Waals surface area contributed by atoms with Gasteiger partial charge in [0.1, 0.15) is 0 Å². The molecule has 0 fully saturated rings. The third kappa shape index (κ3) is 9.79. The van der Waals surface area contributed by atoms with E-state index < -0.39 is 72.6 Å². The van der Waals surface area contributed by atoms with Crippen molar-refractivity contribution in [2.45, 2.75) is 37.9 Å². The maximum absolute atomic E-state index is 11.6. The van der Waals surface area contributed by atoms with Crippen molar-refractivity contribution in [1.82, 2.24) is 10.6 Å². The van der Waals surface area contributed by atoms with Crippen molar-refractivity contribution in [3.05, 3.63) is 0 Å². The van der Waals surface area contributed by atoms with E-state index in [2.05, 4.69) is 10.6 Å². The molecule has 0 aliphatic rings. The van der Waals surface area contributed by atoms with E-state index in [0.29, 0.717) is 12.8 Å². The van der Waals surface area contributed by atoms with Crippen LogP contribution in [0.25, 0.3) is 0 Å². The third-order valence-corrected chi connectivity index (χ3v) is 3.87. The predicted molar refractivity (Wildman–Crippen MR) is 94.0 cm³/mol. The molecule has 14 nitrogen and oxygen atoms in total. The summed E-state index contributed by atoms with van der Waals surface area (Å²) in [5.41, 5.74) is 0. The lowest BCUT2D eigenvalue weighted by Gasteiger charge is -2.15. The Labute approximate surface area is 169 Å². The second-order valence-corrected chi connectivity index (χ2v) is 6.26. The molecule has 0 rings (SSSR count). The monoisotopic (exact) mass is 436 g/mol. The van der Waals surface area contributed by atoms with Crippen LogP contribution in [0.5, 0.6) is 0 Å². The lowest BCUT2D eigenvalue weighted by molar-refractivity contribution is -0.162. The fourth-order valence-corrected chi connectivity index (χ4v) is 2.34. The molecule has 14 heteroatoms. The van der Waals surface area contributed by atoms with E-state index in [0.717, 1.165) is 0 Å². The molecule has 0 radical (unpaired) electrons. The summed E-state index contributed by atoms with van der Waals surface area (Å²) >= 11 is 0. The van der Waals surface area contributed by atoms with Gasteiger partial charge in [-0.3, -0.25) is 28.8 Å². The topological polar surface area (TPSA) is 248 Å². The van der Waals surface area contributed by atoms with E-state index in [1.54, 1.807) is 0 Å². The van der Waals surface area contributed by atoms with Gasteiger partial charge in [0.05, 0.1) is 25.0 Å². The van der Waals surface area contributed by atoms with Crippen molar-refractivity contribution >= 4 is 35.7 Å². The Morgan fingerprint density at radius 3 is 1.07 bits per heavy atom. The van der Waals surface area contributed by atoms with E-state index in [-0.39, 0.29) is 13.1 Å². The molecule has 0 saturated carbocycles. The zero-order valence-corrected chi connectivity index (χ0v) is 15.7. The van der Waals surface area contributed by atoms with Crippen molar-refractivity contribution in [3.63, 3.8) is 0 Å². The van der Waals surface area contributed by atoms with Gasteiger partial charge in [0, 0.05) is 13.1 Å². The van der Waals surface area contributed by atoms with Crippen LogP contribution in [0.1, 0.15) is 25.7 Å². The van der Waals surface area contributed by atoms with Gasteiger partial charge in [-0.05, 0) is 12.8 Å². The van der Waals surface area contributed by atoms with Gasteiger partial charge in [0.2, 0.25) is 11.8 Å². The Balaban J connectivity index is 4.11. The third-order valence-electron chi connectivity index (χ3n) is 3.87. The summed E-state index contributed by atoms with van der Waals surface area (Å²) in [6.45, 7) is 0.157. The predicted octanol–water partition coefficient (Wildman–Crippen LogP) is -2.93. The summed E-state index contributed by atoms with van der Waals surface area (Å²) in [4.78, 5) is 66.1. The quantitative estimate of drug-likeness (QED) is 0.0949. The van der Waals surface area contributed by atoms with Gasteiger partial charge in [-0.25, -0.2) is 0 Å². The van der Waals surface area contributed by atoms with Crippen LogP contribution in [-0.4, -0.2) is 91.6 Å². The van der Waals surface area contributed by atoms with Gasteiger partial charge in [0.25, 0.3) is 0 Å². The molecule has 0 aromatic carbocycles. The summed E-state index contributed by atoms with van der Waals surface area (Å²) < 4.78 is 0. The number of unbranched alkanes of at least 4 members (excludes halogenated alkanes) is 1. The Morgan fingerprint density at radius 1 is 0.567 bits per heavy atom. The molecule has 0 spiro atoms. The van der Waals surface area contributed by atoms with Crippen molar-refractivity contribution in [3.8, 4) is 0 Å². The Hall–Kier alpha value is -3.26. The molecule has 0 saturated heterocycles. The Bertz CT molecular complexity index is 581. The number of carbonyl (C=O) groups excluding carboxylic acids is 2. The second-order valence-electron chi connectivity index (χ2n) is 6.26. The number of aliphatic hydroxyl groups is 2. The lowest BCUT2D eigenvalue weighted by Crippen LogP contribution is -2.39. The maximum atomic E-state index is 11.6. The molecule has 170 valence electrons. The number of aliphatic carboxylic acids is 4. The zero-order chi connectivity index (χ0) is 23.4. The highest BCUT2D eigenvalue weighted by atomic mass is 16.4. The average molecular weight is 436 g/mol. The minimum absolute atomic E-state index is 0.0783. The van der Waals surface area contributed by atoms with Crippen LogP contribution < -0.4 is 10.6 Å². The number of carbonyl (C=O) groups is 6. The molecule has 2 atom stereocenters. The van der Waals surface area contributed by atoms with Crippen LogP contribution in [0.4, 0.5) is 0 Å². The van der Waals surface area contributed by atoms with Crippen molar-refractivity contribution < 1.29 is 59.4 Å². The number of amides is 2. The molecule has 30 heavy (non-hydrogen) atoms. The number of hydrogen-bond donors (Lipinski definition) is 8. The van der Waals surface area contributed by atoms with Gasteiger partial charge in [0.15, 0.2) is 11.8 Å². The minimum Gasteiger partial charge on any atom is -0.481 e. The highest BCUT2D eigenvalue weighted by molar-refractivity contribution is 5.95. The standard InChI is InChI=1S/C16H24N2O12/c19-7(11(13(23)24)14(25)26)5-9(21)17-3-1-2-4-18-10(22)6-8(20)12(15(27)28)16(29)30/h7-8,11-12,19-20H,1-6H2,(H,17,21)(H,18,22)(H,23,24)(H,25,26)(H,27,28)(H,29,30)/t7-,8+. The summed E-state index contributed by atoms with van der Waals surface area (Å²) in [5.74, 6) is -12.9. The molecular weight excluding hydrogens is 412 g/mol. The van der Waals surface area contributed by atoms with Crippen LogP contribution in [0.2, 0.25) is 0 Å². The molecule has 0 aliphatic carbocycles. The highest BCUT2D eigenvalue weighted by Crippen LogP contribution is 2.10. The molecular formula is C16H24N2O12. The molecule has 0 aromatic rings. The van der Waals surface area contributed by atoms with Crippen LogP contribution in [-0.2, 0) is 28.8 Å². The number of carboxylic acids is 4. The first-order valence-corrected chi connectivity index (χ1v) is 8.69. The molecule has 0 bridgehead atoms. The van der Waals surface area contributed by atoms with E-state index in [1.165, 1.54) is 0 Å². The van der Waals surface area contributed by atoms with Crippen LogP contribution in [0.3, 0.4) is 0 Å². The van der Waals surface area contributed by atoms with Crippen molar-refractivity contribution in [2.75, 3.05) is 13.1 Å². The molecule has 0 aromatic heterocycles. The van der Waals surface area contributed by atoms with Crippen molar-refractivity contribution in [1.29, 1.82) is 0 Å². The van der Waals surface area contributed by atoms with E-state index >= 15 is 0 Å². The first-order valence-electron chi connectivity index (χ1n) is 8.69. The van der Waals surface area contributed by atoms with Gasteiger partial charge < -0.3 is 41.3 Å². The number of hydrogen-bond acceptors (Lipinski definition) is 8. The smallest absolute Gasteiger partial charge is 0.320 e. The first-order chi connectivity index (χ1) is 13.9. The molecule has 0 heterocycles. The minimum atomic E-state index is -2.14. The van der Waals surface area contributed by atoms with Crippen LogP contribution >= 0.6 is 0 Å². The summed E-state index contributed by atoms with van der Waals surface area (Å²) in [6, 6.07) is 0. The van der Waals surface area contributed by atoms with Crippen LogP contribution in [0.15, 0.2) is 0 Å². The molecule has 2 amide bonds. The number of nitrogens with one attached hydrogen (secondary N) is 2. The van der Waals surface area contributed by atoms with Gasteiger partial charge in [-0.2, -0.15) is 0 Å². The molecule has 0 aliphatic heterocycles. The first kappa shape index (κ1) is 26.7. The van der Waals surface area contributed by atoms with Crippen molar-refractivity contribution in [2.24, 2.45) is 11.8 Å². The normalized spacial score (nSPS) is 12.8. The largest absolute Gasteiger partial charge is 0.481 e. The average Bonchev–Trinajstić information content (AvgIpc) is 2.56. The van der Waals surface area contributed by atoms with Gasteiger partial charge >= 0.3 is 23.9 Å². The molecule has 0 unspecified atom stereocenters. The number of aliphatic hydroxyl groups excluding tert-OH is 2. The fourth-order valence-electron chi connectivity index (χ4n) is 2.34. The van der Waals surface area contributed by atoms with Crippen LogP contribution in [0, 0.1) is 11.8 Å². The maximum Gasteiger partial charge on any atom is 0.320 e. The number of carboxylic acid groups (broad SMARTS) is 4. The Kier molecular flexibility index (Phi) is 11.6. The summed E-state index contributed by atoms with van der Waals surface area (Å²) in [7, 11) is 0. The highest BCUT2D eigenvalue weighted by Gasteiger charge is 2.35. The molecule has 8 N–H and O–H groups in total. The van der Waals surface area contributed by atoms with Gasteiger partial charge in [-0.15, -0.1) is 0 Å². The van der Waals surface area contributed by atoms with E-state index in [9.17, 15) is 39.0 Å². The summed E-state index contributed by atoms with van der Waals surface area (Å²) in [5, 5.41) is 58.6. The number of rotatable bonds is 15. The zero-order valence-electron chi connectivity index (χ0n) is 15.7. The van der Waals surface area contributed by atoms with E-state index in [1.807, 2.05) is 0 Å². The summed E-state index contributed by atoms with van der Waals surface area (Å²) in [6.07, 6.45) is -4.62. The SMILES string of the molecule is O=C(C[C@@H](O)C(C(=O)O)C(=O)O)NCCCCNC(=O)C[C@H](O)C(C(=O)O)C(=O)O. The second kappa shape index (κ2) is 13.1.